The summed E-state index contributed by atoms with van der Waals surface area (Å²) in [6, 6.07) is 5.66. The maximum atomic E-state index is 11.7. The molecule has 0 spiro atoms. The van der Waals surface area contributed by atoms with Gasteiger partial charge in [-0.3, -0.25) is 4.79 Å². The maximum absolute atomic E-state index is 11.7. The highest BCUT2D eigenvalue weighted by Crippen LogP contribution is 2.56. The minimum absolute atomic E-state index is 0.269. The number of carbonyl (C=O) groups is 1. The third-order valence-electron chi connectivity index (χ3n) is 5.39. The second-order valence-electron chi connectivity index (χ2n) is 6.23. The van der Waals surface area contributed by atoms with Gasteiger partial charge in [-0.2, -0.15) is 0 Å². The van der Waals surface area contributed by atoms with E-state index in [0.29, 0.717) is 0 Å². The zero-order chi connectivity index (χ0) is 16.5. The van der Waals surface area contributed by atoms with E-state index in [1.807, 2.05) is 24.5 Å². The van der Waals surface area contributed by atoms with Crippen LogP contribution in [0.15, 0.2) is 29.7 Å². The predicted octanol–water partition coefficient (Wildman–Crippen LogP) is 4.48. The summed E-state index contributed by atoms with van der Waals surface area (Å²) in [7, 11) is 0. The smallest absolute Gasteiger partial charge is 0.317 e. The number of aliphatic carboxylic acids is 1. The first-order valence-electron chi connectivity index (χ1n) is 7.68. The zero-order valence-electron chi connectivity index (χ0n) is 13.6. The molecule has 0 fully saturated rings. The van der Waals surface area contributed by atoms with Crippen LogP contribution in [0.2, 0.25) is 0 Å². The number of thioether (sulfide) groups is 1. The highest BCUT2D eigenvalue weighted by atomic mass is 32.2. The second kappa shape index (κ2) is 5.99. The van der Waals surface area contributed by atoms with Crippen LogP contribution in [0.1, 0.15) is 44.7 Å². The molecule has 0 aromatic heterocycles. The molecule has 120 valence electrons. The number of hydrogen-bond acceptors (Lipinski definition) is 3. The van der Waals surface area contributed by atoms with Gasteiger partial charge in [0, 0.05) is 10.8 Å². The second-order valence-corrected chi connectivity index (χ2v) is 7.25. The van der Waals surface area contributed by atoms with Gasteiger partial charge in [-0.1, -0.05) is 39.0 Å². The van der Waals surface area contributed by atoms with Crippen LogP contribution in [0.5, 0.6) is 5.75 Å². The molecule has 3 nitrogen and oxygen atoms in total. The first kappa shape index (κ1) is 16.9. The Morgan fingerprint density at radius 1 is 1.36 bits per heavy atom. The molecule has 0 saturated heterocycles. The van der Waals surface area contributed by atoms with Crippen molar-refractivity contribution in [1.82, 2.24) is 0 Å². The topological polar surface area (TPSA) is 57.5 Å². The van der Waals surface area contributed by atoms with Crippen molar-refractivity contribution in [3.8, 4) is 5.75 Å². The van der Waals surface area contributed by atoms with Gasteiger partial charge in [-0.15, -0.1) is 11.8 Å². The third-order valence-corrected chi connectivity index (χ3v) is 6.64. The Bertz CT molecular complexity index is 604. The number of phenols is 1. The van der Waals surface area contributed by atoms with Crippen LogP contribution in [0.25, 0.3) is 0 Å². The van der Waals surface area contributed by atoms with Gasteiger partial charge in [0.2, 0.25) is 0 Å². The third kappa shape index (κ3) is 2.34. The van der Waals surface area contributed by atoms with Crippen LogP contribution in [0.3, 0.4) is 0 Å². The van der Waals surface area contributed by atoms with Crippen molar-refractivity contribution in [3.05, 3.63) is 40.8 Å². The Hall–Kier alpha value is -1.42. The van der Waals surface area contributed by atoms with Crippen molar-refractivity contribution >= 4 is 17.7 Å². The molecule has 4 heteroatoms. The fourth-order valence-electron chi connectivity index (χ4n) is 3.90. The molecule has 0 aliphatic carbocycles. The first-order valence-corrected chi connectivity index (χ1v) is 8.62. The molecule has 2 rings (SSSR count). The normalized spacial score (nSPS) is 24.6. The van der Waals surface area contributed by atoms with Crippen molar-refractivity contribution in [1.29, 1.82) is 0 Å². The van der Waals surface area contributed by atoms with Crippen molar-refractivity contribution in [2.24, 2.45) is 5.41 Å². The maximum Gasteiger partial charge on any atom is 0.317 e. The summed E-state index contributed by atoms with van der Waals surface area (Å²) in [6.07, 6.45) is 3.75. The van der Waals surface area contributed by atoms with Gasteiger partial charge in [0.05, 0.1) is 0 Å². The van der Waals surface area contributed by atoms with E-state index in [4.69, 9.17) is 0 Å². The minimum atomic E-state index is -0.765. The van der Waals surface area contributed by atoms with E-state index in [2.05, 4.69) is 26.8 Å². The molecule has 1 aliphatic rings. The largest absolute Gasteiger partial charge is 0.508 e. The van der Waals surface area contributed by atoms with Gasteiger partial charge in [-0.25, -0.2) is 0 Å². The molecular weight excluding hydrogens is 296 g/mol. The lowest BCUT2D eigenvalue weighted by Gasteiger charge is -2.48. The molecule has 0 bridgehead atoms. The molecule has 0 amide bonds. The van der Waals surface area contributed by atoms with Crippen LogP contribution < -0.4 is 0 Å². The van der Waals surface area contributed by atoms with Crippen molar-refractivity contribution in [3.63, 3.8) is 0 Å². The van der Waals surface area contributed by atoms with E-state index in [9.17, 15) is 15.0 Å². The van der Waals surface area contributed by atoms with E-state index in [-0.39, 0.29) is 11.2 Å². The molecule has 1 aliphatic heterocycles. The number of aryl methyl sites for hydroxylation is 1. The monoisotopic (exact) mass is 320 g/mol. The van der Waals surface area contributed by atoms with E-state index >= 15 is 0 Å². The lowest BCUT2D eigenvalue weighted by atomic mass is 9.56. The number of aromatic hydroxyl groups is 1. The Morgan fingerprint density at radius 3 is 2.50 bits per heavy atom. The zero-order valence-corrected chi connectivity index (χ0v) is 14.4. The quantitative estimate of drug-likeness (QED) is 0.840. The molecule has 2 N–H and O–H groups in total. The summed E-state index contributed by atoms with van der Waals surface area (Å²) in [5.74, 6) is -0.486. The molecule has 1 aromatic carbocycles. The SMILES string of the molecule is CCC(CC)(c1ccc(O)c(C)c1)C1(C)C=CSC1C(=O)O. The van der Waals surface area contributed by atoms with E-state index in [1.54, 1.807) is 6.07 Å². The van der Waals surface area contributed by atoms with Gasteiger partial charge in [0.15, 0.2) is 0 Å². The standard InChI is InChI=1S/C18H24O3S/c1-5-18(6-2,13-7-8-14(19)12(3)11-13)17(4)9-10-22-15(17)16(20)21/h7-11,15,19H,5-6H2,1-4H3,(H,20,21). The molecule has 2 atom stereocenters. The lowest BCUT2D eigenvalue weighted by Crippen LogP contribution is -2.49. The Labute approximate surface area is 136 Å². The summed E-state index contributed by atoms with van der Waals surface area (Å²) in [5.41, 5.74) is 1.20. The van der Waals surface area contributed by atoms with Crippen LogP contribution in [0, 0.1) is 12.3 Å². The van der Waals surface area contributed by atoms with Crippen LogP contribution in [-0.2, 0) is 10.2 Å². The summed E-state index contributed by atoms with van der Waals surface area (Å²) < 4.78 is 0. The van der Waals surface area contributed by atoms with Crippen molar-refractivity contribution in [2.45, 2.75) is 51.2 Å². The predicted molar refractivity (Wildman–Crippen MR) is 91.4 cm³/mol. The van der Waals surface area contributed by atoms with Gasteiger partial charge >= 0.3 is 5.97 Å². The van der Waals surface area contributed by atoms with Crippen LogP contribution in [0.4, 0.5) is 0 Å². The van der Waals surface area contributed by atoms with E-state index in [0.717, 1.165) is 24.0 Å². The van der Waals surface area contributed by atoms with Crippen molar-refractivity contribution in [2.75, 3.05) is 0 Å². The minimum Gasteiger partial charge on any atom is -0.508 e. The molecule has 0 radical (unpaired) electrons. The number of allylic oxidation sites excluding steroid dienone is 1. The average Bonchev–Trinajstić information content (AvgIpc) is 2.88. The highest BCUT2D eigenvalue weighted by Gasteiger charge is 2.54. The molecule has 1 aromatic rings. The van der Waals surface area contributed by atoms with Gasteiger partial charge in [0.25, 0.3) is 0 Å². The summed E-state index contributed by atoms with van der Waals surface area (Å²) in [5, 5.41) is 20.9. The number of carboxylic acid groups (broad SMARTS) is 1. The highest BCUT2D eigenvalue weighted by molar-refractivity contribution is 8.03. The number of carboxylic acids is 1. The van der Waals surface area contributed by atoms with Gasteiger partial charge in [-0.05, 0) is 42.4 Å². The molecule has 0 saturated carbocycles. The molecule has 2 unspecified atom stereocenters. The molecule has 22 heavy (non-hydrogen) atoms. The molecular formula is C18H24O3S. The summed E-state index contributed by atoms with van der Waals surface area (Å²) in [4.78, 5) is 11.7. The average molecular weight is 320 g/mol. The number of rotatable bonds is 5. The van der Waals surface area contributed by atoms with E-state index in [1.165, 1.54) is 11.8 Å². The Morgan fingerprint density at radius 2 is 2.00 bits per heavy atom. The van der Waals surface area contributed by atoms with Gasteiger partial charge < -0.3 is 10.2 Å². The first-order chi connectivity index (χ1) is 10.3. The fraction of sp³-hybridized carbons (Fsp3) is 0.500. The molecule has 1 heterocycles. The van der Waals surface area contributed by atoms with Crippen LogP contribution in [-0.4, -0.2) is 21.4 Å². The Kier molecular flexibility index (Phi) is 4.62. The fourth-order valence-corrected chi connectivity index (χ4v) is 5.12. The summed E-state index contributed by atoms with van der Waals surface area (Å²) in [6.45, 7) is 8.17. The lowest BCUT2D eigenvalue weighted by molar-refractivity contribution is -0.139. The summed E-state index contributed by atoms with van der Waals surface area (Å²) >= 11 is 1.39. The van der Waals surface area contributed by atoms with Crippen molar-refractivity contribution < 1.29 is 15.0 Å². The number of benzene rings is 1. The number of hydrogen-bond donors (Lipinski definition) is 2. The Balaban J connectivity index is 2.63. The van der Waals surface area contributed by atoms with Gasteiger partial charge in [0.1, 0.15) is 11.0 Å². The van der Waals surface area contributed by atoms with Crippen LogP contribution >= 0.6 is 11.8 Å². The van der Waals surface area contributed by atoms with E-state index < -0.39 is 16.6 Å². The number of phenolic OH excluding ortho intramolecular Hbond substituents is 1.